The van der Waals surface area contributed by atoms with Crippen molar-refractivity contribution in [3.05, 3.63) is 35.4 Å². The zero-order valence-electron chi connectivity index (χ0n) is 13.6. The molecule has 0 spiro atoms. The standard InChI is InChI=1S/C19H30N2/c1-15(2)13-21(19-9-10-19)14-17-6-4-3-5-16(17)11-12-20-18-7-8-18/h3-6,15,18-20H,7-14H2,1-2H3. The molecule has 0 amide bonds. The van der Waals surface area contributed by atoms with Gasteiger partial charge in [-0.05, 0) is 55.7 Å². The Hall–Kier alpha value is -0.860. The fraction of sp³-hybridized carbons (Fsp3) is 0.684. The van der Waals surface area contributed by atoms with Gasteiger partial charge in [-0.3, -0.25) is 4.90 Å². The molecule has 2 heteroatoms. The Morgan fingerprint density at radius 1 is 1.10 bits per heavy atom. The van der Waals surface area contributed by atoms with Gasteiger partial charge in [0.05, 0.1) is 0 Å². The number of nitrogens with one attached hydrogen (secondary N) is 1. The molecule has 0 aliphatic heterocycles. The maximum Gasteiger partial charge on any atom is 0.0239 e. The van der Waals surface area contributed by atoms with Crippen molar-refractivity contribution < 1.29 is 0 Å². The summed E-state index contributed by atoms with van der Waals surface area (Å²) in [5, 5.41) is 3.64. The minimum atomic E-state index is 0.759. The fourth-order valence-corrected chi connectivity index (χ4v) is 3.12. The van der Waals surface area contributed by atoms with Crippen molar-refractivity contribution in [1.29, 1.82) is 0 Å². The number of nitrogens with zero attached hydrogens (tertiary/aromatic N) is 1. The summed E-state index contributed by atoms with van der Waals surface area (Å²) in [7, 11) is 0. The summed E-state index contributed by atoms with van der Waals surface area (Å²) in [5.74, 6) is 0.759. The molecule has 0 heterocycles. The van der Waals surface area contributed by atoms with E-state index in [1.54, 1.807) is 11.1 Å². The van der Waals surface area contributed by atoms with Crippen LogP contribution in [0.25, 0.3) is 0 Å². The first kappa shape index (κ1) is 15.1. The highest BCUT2D eigenvalue weighted by molar-refractivity contribution is 5.27. The fourth-order valence-electron chi connectivity index (χ4n) is 3.12. The van der Waals surface area contributed by atoms with Gasteiger partial charge in [-0.15, -0.1) is 0 Å². The maximum absolute atomic E-state index is 3.64. The van der Waals surface area contributed by atoms with Gasteiger partial charge in [0.25, 0.3) is 0 Å². The van der Waals surface area contributed by atoms with Crippen LogP contribution in [-0.4, -0.2) is 30.1 Å². The Labute approximate surface area is 129 Å². The third-order valence-corrected chi connectivity index (χ3v) is 4.56. The van der Waals surface area contributed by atoms with E-state index >= 15 is 0 Å². The van der Waals surface area contributed by atoms with E-state index in [1.807, 2.05) is 0 Å². The Morgan fingerprint density at radius 2 is 1.81 bits per heavy atom. The molecule has 1 aromatic carbocycles. The van der Waals surface area contributed by atoms with Crippen LogP contribution in [0.15, 0.2) is 24.3 Å². The molecule has 2 aliphatic carbocycles. The predicted molar refractivity (Wildman–Crippen MR) is 89.4 cm³/mol. The first-order valence-electron chi connectivity index (χ1n) is 8.76. The smallest absolute Gasteiger partial charge is 0.0239 e. The second-order valence-corrected chi connectivity index (χ2v) is 7.30. The van der Waals surface area contributed by atoms with Crippen LogP contribution in [0.3, 0.4) is 0 Å². The lowest BCUT2D eigenvalue weighted by Crippen LogP contribution is -2.30. The van der Waals surface area contributed by atoms with Gasteiger partial charge in [0, 0.05) is 25.2 Å². The molecule has 0 saturated heterocycles. The van der Waals surface area contributed by atoms with E-state index in [0.29, 0.717) is 0 Å². The summed E-state index contributed by atoms with van der Waals surface area (Å²) < 4.78 is 0. The van der Waals surface area contributed by atoms with Crippen molar-refractivity contribution in [2.45, 2.75) is 64.6 Å². The van der Waals surface area contributed by atoms with E-state index in [1.165, 1.54) is 38.6 Å². The first-order chi connectivity index (χ1) is 10.2. The lowest BCUT2D eigenvalue weighted by molar-refractivity contribution is 0.225. The Balaban J connectivity index is 1.59. The Kier molecular flexibility index (Phi) is 4.97. The van der Waals surface area contributed by atoms with Gasteiger partial charge >= 0.3 is 0 Å². The Bertz CT molecular complexity index is 447. The van der Waals surface area contributed by atoms with Crippen molar-refractivity contribution in [2.75, 3.05) is 13.1 Å². The Morgan fingerprint density at radius 3 is 2.43 bits per heavy atom. The zero-order chi connectivity index (χ0) is 14.7. The number of hydrogen-bond donors (Lipinski definition) is 1. The predicted octanol–water partition coefficient (Wildman–Crippen LogP) is 3.60. The molecule has 21 heavy (non-hydrogen) atoms. The molecule has 2 nitrogen and oxygen atoms in total. The molecule has 1 N–H and O–H groups in total. The van der Waals surface area contributed by atoms with Gasteiger partial charge in [0.15, 0.2) is 0 Å². The van der Waals surface area contributed by atoms with E-state index in [4.69, 9.17) is 0 Å². The monoisotopic (exact) mass is 286 g/mol. The quantitative estimate of drug-likeness (QED) is 0.746. The lowest BCUT2D eigenvalue weighted by Gasteiger charge is -2.25. The van der Waals surface area contributed by atoms with Crippen LogP contribution < -0.4 is 5.32 Å². The first-order valence-corrected chi connectivity index (χ1v) is 8.76. The molecule has 0 bridgehead atoms. The highest BCUT2D eigenvalue weighted by Crippen LogP contribution is 2.29. The largest absolute Gasteiger partial charge is 0.314 e. The third kappa shape index (κ3) is 4.82. The molecule has 1 aromatic rings. The van der Waals surface area contributed by atoms with Crippen LogP contribution in [0.4, 0.5) is 0 Å². The minimum absolute atomic E-state index is 0.759. The molecule has 0 unspecified atom stereocenters. The normalized spacial score (nSPS) is 18.7. The summed E-state index contributed by atoms with van der Waals surface area (Å²) in [5.41, 5.74) is 3.09. The van der Waals surface area contributed by atoms with Crippen molar-refractivity contribution in [1.82, 2.24) is 10.2 Å². The highest BCUT2D eigenvalue weighted by Gasteiger charge is 2.29. The molecule has 3 rings (SSSR count). The summed E-state index contributed by atoms with van der Waals surface area (Å²) >= 11 is 0. The van der Waals surface area contributed by atoms with Crippen LogP contribution in [-0.2, 0) is 13.0 Å². The molecule has 2 saturated carbocycles. The maximum atomic E-state index is 3.64. The zero-order valence-corrected chi connectivity index (χ0v) is 13.6. The summed E-state index contributed by atoms with van der Waals surface area (Å²) in [4.78, 5) is 2.71. The molecule has 0 atom stereocenters. The topological polar surface area (TPSA) is 15.3 Å². The van der Waals surface area contributed by atoms with Crippen molar-refractivity contribution in [3.8, 4) is 0 Å². The summed E-state index contributed by atoms with van der Waals surface area (Å²) in [6, 6.07) is 10.7. The number of benzene rings is 1. The van der Waals surface area contributed by atoms with Crippen molar-refractivity contribution in [2.24, 2.45) is 5.92 Å². The van der Waals surface area contributed by atoms with Gasteiger partial charge in [-0.25, -0.2) is 0 Å². The molecule has 116 valence electrons. The second kappa shape index (κ2) is 6.93. The average molecular weight is 286 g/mol. The number of hydrogen-bond acceptors (Lipinski definition) is 2. The van der Waals surface area contributed by atoms with Gasteiger partial charge in [-0.1, -0.05) is 38.1 Å². The van der Waals surface area contributed by atoms with E-state index in [2.05, 4.69) is 48.3 Å². The van der Waals surface area contributed by atoms with Gasteiger partial charge in [0.2, 0.25) is 0 Å². The molecule has 2 aliphatic rings. The van der Waals surface area contributed by atoms with Crippen LogP contribution in [0.1, 0.15) is 50.7 Å². The molecule has 0 aromatic heterocycles. The number of rotatable bonds is 9. The van der Waals surface area contributed by atoms with Crippen LogP contribution >= 0.6 is 0 Å². The highest BCUT2D eigenvalue weighted by atomic mass is 15.2. The van der Waals surface area contributed by atoms with Gasteiger partial charge in [0.1, 0.15) is 0 Å². The molecule has 2 fully saturated rings. The second-order valence-electron chi connectivity index (χ2n) is 7.30. The van der Waals surface area contributed by atoms with E-state index in [0.717, 1.165) is 31.1 Å². The van der Waals surface area contributed by atoms with E-state index in [9.17, 15) is 0 Å². The summed E-state index contributed by atoms with van der Waals surface area (Å²) in [6.07, 6.45) is 6.74. The van der Waals surface area contributed by atoms with Gasteiger partial charge < -0.3 is 5.32 Å². The molecule has 0 radical (unpaired) electrons. The third-order valence-electron chi connectivity index (χ3n) is 4.56. The van der Waals surface area contributed by atoms with Gasteiger partial charge in [-0.2, -0.15) is 0 Å². The van der Waals surface area contributed by atoms with E-state index in [-0.39, 0.29) is 0 Å². The lowest BCUT2D eigenvalue weighted by atomic mass is 10.0. The summed E-state index contributed by atoms with van der Waals surface area (Å²) in [6.45, 7) is 8.18. The minimum Gasteiger partial charge on any atom is -0.314 e. The van der Waals surface area contributed by atoms with Crippen LogP contribution in [0.5, 0.6) is 0 Å². The molecular formula is C19H30N2. The van der Waals surface area contributed by atoms with Crippen molar-refractivity contribution >= 4 is 0 Å². The average Bonchev–Trinajstić information content (AvgIpc) is 3.33. The van der Waals surface area contributed by atoms with E-state index < -0.39 is 0 Å². The molecular weight excluding hydrogens is 256 g/mol. The van der Waals surface area contributed by atoms with Crippen LogP contribution in [0.2, 0.25) is 0 Å². The van der Waals surface area contributed by atoms with Crippen LogP contribution in [0, 0.1) is 5.92 Å². The SMILES string of the molecule is CC(C)CN(Cc1ccccc1CCNC1CC1)C1CC1. The van der Waals surface area contributed by atoms with Crippen molar-refractivity contribution in [3.63, 3.8) is 0 Å².